The van der Waals surface area contributed by atoms with Crippen molar-refractivity contribution in [2.24, 2.45) is 5.73 Å². The van der Waals surface area contributed by atoms with Gasteiger partial charge in [0.05, 0.1) is 6.54 Å². The van der Waals surface area contributed by atoms with Crippen molar-refractivity contribution < 1.29 is 9.59 Å². The minimum Gasteiger partial charge on any atom is -0.322 e. The molecule has 1 aromatic carbocycles. The fraction of sp³-hybridized carbons (Fsp3) is 0.385. The van der Waals surface area contributed by atoms with Crippen LogP contribution in [0.5, 0.6) is 0 Å². The Morgan fingerprint density at radius 2 is 1.67 bits per heavy atom. The second-order valence-electron chi connectivity index (χ2n) is 5.03. The lowest BCUT2D eigenvalue weighted by molar-refractivity contribution is -0.120. The summed E-state index contributed by atoms with van der Waals surface area (Å²) >= 11 is 0. The Labute approximate surface area is 107 Å². The fourth-order valence-corrected chi connectivity index (χ4v) is 1.37. The van der Waals surface area contributed by atoms with E-state index in [-0.39, 0.29) is 17.9 Å². The average Bonchev–Trinajstić information content (AvgIpc) is 2.34. The van der Waals surface area contributed by atoms with Gasteiger partial charge >= 0.3 is 0 Å². The largest absolute Gasteiger partial charge is 0.322 e. The molecule has 4 N–H and O–H groups in total. The molecule has 0 aliphatic heterocycles. The molecule has 0 saturated carbocycles. The number of nitrogens with one attached hydrogen (secondary N) is 2. The molecule has 1 aromatic rings. The molecule has 5 heteroatoms. The third kappa shape index (κ3) is 3.85. The lowest BCUT2D eigenvalue weighted by atomic mass is 9.87. The molecule has 0 spiro atoms. The lowest BCUT2D eigenvalue weighted by Gasteiger charge is -2.19. The monoisotopic (exact) mass is 249 g/mol. The van der Waals surface area contributed by atoms with Gasteiger partial charge in [0.15, 0.2) is 0 Å². The van der Waals surface area contributed by atoms with E-state index in [9.17, 15) is 9.59 Å². The lowest BCUT2D eigenvalue weighted by Crippen LogP contribution is -2.44. The summed E-state index contributed by atoms with van der Waals surface area (Å²) < 4.78 is 0. The van der Waals surface area contributed by atoms with Gasteiger partial charge in [-0.2, -0.15) is 0 Å². The van der Waals surface area contributed by atoms with Gasteiger partial charge in [-0.3, -0.25) is 20.4 Å². The number of hydrazine groups is 1. The van der Waals surface area contributed by atoms with Crippen molar-refractivity contribution in [3.63, 3.8) is 0 Å². The normalized spacial score (nSPS) is 10.9. The van der Waals surface area contributed by atoms with E-state index in [1.165, 1.54) is 0 Å². The third-order valence-corrected chi connectivity index (χ3v) is 2.51. The molecule has 2 amide bonds. The summed E-state index contributed by atoms with van der Waals surface area (Å²) in [6.45, 7) is 6.14. The zero-order valence-corrected chi connectivity index (χ0v) is 10.9. The SMILES string of the molecule is CC(C)(C)c1ccc(C(=O)NNC(=O)CN)cc1. The van der Waals surface area contributed by atoms with Gasteiger partial charge in [-0.05, 0) is 23.1 Å². The van der Waals surface area contributed by atoms with Gasteiger partial charge in [0, 0.05) is 5.56 Å². The van der Waals surface area contributed by atoms with Gasteiger partial charge in [0.2, 0.25) is 0 Å². The zero-order chi connectivity index (χ0) is 13.8. The fourth-order valence-electron chi connectivity index (χ4n) is 1.37. The highest BCUT2D eigenvalue weighted by Crippen LogP contribution is 2.21. The maximum atomic E-state index is 11.7. The quantitative estimate of drug-likeness (QED) is 0.675. The van der Waals surface area contributed by atoms with E-state index in [2.05, 4.69) is 31.6 Å². The van der Waals surface area contributed by atoms with Crippen molar-refractivity contribution in [3.8, 4) is 0 Å². The molecule has 18 heavy (non-hydrogen) atoms. The van der Waals surface area contributed by atoms with E-state index >= 15 is 0 Å². The number of carbonyl (C=O) groups excluding carboxylic acids is 2. The minimum atomic E-state index is -0.435. The summed E-state index contributed by atoms with van der Waals surface area (Å²) in [4.78, 5) is 22.5. The summed E-state index contributed by atoms with van der Waals surface area (Å²) in [5, 5.41) is 0. The van der Waals surface area contributed by atoms with Crippen molar-refractivity contribution in [2.75, 3.05) is 6.54 Å². The molecule has 0 aliphatic carbocycles. The molecule has 0 aliphatic rings. The van der Waals surface area contributed by atoms with Crippen molar-refractivity contribution in [2.45, 2.75) is 26.2 Å². The standard InChI is InChI=1S/C13H19N3O2/c1-13(2,3)10-6-4-9(5-7-10)12(18)16-15-11(17)8-14/h4-7H,8,14H2,1-3H3,(H,15,17)(H,16,18). The van der Waals surface area contributed by atoms with Crippen LogP contribution in [0, 0.1) is 0 Å². The Balaban J connectivity index is 2.68. The summed E-state index contributed by atoms with van der Waals surface area (Å²) in [6.07, 6.45) is 0. The number of carbonyl (C=O) groups is 2. The maximum absolute atomic E-state index is 11.7. The Hall–Kier alpha value is -1.88. The smallest absolute Gasteiger partial charge is 0.269 e. The highest BCUT2D eigenvalue weighted by atomic mass is 16.2. The number of hydrogen-bond acceptors (Lipinski definition) is 3. The van der Waals surface area contributed by atoms with Crippen molar-refractivity contribution in [1.29, 1.82) is 0 Å². The minimum absolute atomic E-state index is 0.0444. The van der Waals surface area contributed by atoms with Crippen molar-refractivity contribution in [1.82, 2.24) is 10.9 Å². The Morgan fingerprint density at radius 1 is 1.11 bits per heavy atom. The Morgan fingerprint density at radius 3 is 2.11 bits per heavy atom. The molecule has 0 unspecified atom stereocenters. The number of rotatable bonds is 2. The predicted octanol–water partition coefficient (Wildman–Crippen LogP) is 0.704. The number of benzene rings is 1. The van der Waals surface area contributed by atoms with E-state index in [1.807, 2.05) is 12.1 Å². The van der Waals surface area contributed by atoms with Gasteiger partial charge < -0.3 is 5.73 Å². The van der Waals surface area contributed by atoms with Gasteiger partial charge in [-0.25, -0.2) is 0 Å². The molecule has 0 bridgehead atoms. The second-order valence-corrected chi connectivity index (χ2v) is 5.03. The van der Waals surface area contributed by atoms with Gasteiger partial charge in [0.1, 0.15) is 0 Å². The van der Waals surface area contributed by atoms with E-state index in [4.69, 9.17) is 5.73 Å². The van der Waals surface area contributed by atoms with Crippen LogP contribution < -0.4 is 16.6 Å². The number of nitrogens with two attached hydrogens (primary N) is 1. The van der Waals surface area contributed by atoms with Crippen LogP contribution in [-0.2, 0) is 10.2 Å². The summed E-state index contributed by atoms with van der Waals surface area (Å²) in [5.41, 5.74) is 11.3. The highest BCUT2D eigenvalue weighted by Gasteiger charge is 2.14. The van der Waals surface area contributed by atoms with Gasteiger partial charge in [0.25, 0.3) is 11.8 Å². The summed E-state index contributed by atoms with van der Waals surface area (Å²) in [7, 11) is 0. The van der Waals surface area contributed by atoms with Crippen LogP contribution in [0.4, 0.5) is 0 Å². The van der Waals surface area contributed by atoms with Crippen LogP contribution >= 0.6 is 0 Å². The molecule has 98 valence electrons. The van der Waals surface area contributed by atoms with Crippen molar-refractivity contribution >= 4 is 11.8 Å². The highest BCUT2D eigenvalue weighted by molar-refractivity contribution is 5.95. The van der Waals surface area contributed by atoms with Crippen LogP contribution in [0.2, 0.25) is 0 Å². The molecular formula is C13H19N3O2. The summed E-state index contributed by atoms with van der Waals surface area (Å²) in [6, 6.07) is 7.26. The number of hydrogen-bond donors (Lipinski definition) is 3. The second kappa shape index (κ2) is 5.64. The molecule has 1 rings (SSSR count). The van der Waals surface area contributed by atoms with Crippen molar-refractivity contribution in [3.05, 3.63) is 35.4 Å². The van der Waals surface area contributed by atoms with Crippen LogP contribution in [0.25, 0.3) is 0 Å². The molecule has 0 heterocycles. The van der Waals surface area contributed by atoms with Gasteiger partial charge in [-0.15, -0.1) is 0 Å². The maximum Gasteiger partial charge on any atom is 0.269 e. The molecule has 0 radical (unpaired) electrons. The average molecular weight is 249 g/mol. The van der Waals surface area contributed by atoms with Gasteiger partial charge in [-0.1, -0.05) is 32.9 Å². The predicted molar refractivity (Wildman–Crippen MR) is 69.8 cm³/mol. The molecule has 0 fully saturated rings. The zero-order valence-electron chi connectivity index (χ0n) is 10.9. The van der Waals surface area contributed by atoms with E-state index in [0.717, 1.165) is 5.56 Å². The number of amides is 2. The topological polar surface area (TPSA) is 84.2 Å². The molecule has 0 atom stereocenters. The van der Waals surface area contributed by atoms with Crippen LogP contribution in [0.15, 0.2) is 24.3 Å². The first-order valence-electron chi connectivity index (χ1n) is 5.74. The first kappa shape index (κ1) is 14.2. The van der Waals surface area contributed by atoms with Crippen LogP contribution in [-0.4, -0.2) is 18.4 Å². The Kier molecular flexibility index (Phi) is 4.44. The Bertz CT molecular complexity index is 433. The first-order chi connectivity index (χ1) is 8.34. The summed E-state index contributed by atoms with van der Waals surface area (Å²) in [5.74, 6) is -0.799. The van der Waals surface area contributed by atoms with E-state index < -0.39 is 5.91 Å². The molecule has 0 saturated heterocycles. The first-order valence-corrected chi connectivity index (χ1v) is 5.74. The third-order valence-electron chi connectivity index (χ3n) is 2.51. The van der Waals surface area contributed by atoms with E-state index in [0.29, 0.717) is 5.56 Å². The molecular weight excluding hydrogens is 230 g/mol. The molecule has 5 nitrogen and oxygen atoms in total. The van der Waals surface area contributed by atoms with E-state index in [1.54, 1.807) is 12.1 Å². The van der Waals surface area contributed by atoms with Crippen LogP contribution in [0.1, 0.15) is 36.7 Å². The van der Waals surface area contributed by atoms with Crippen LogP contribution in [0.3, 0.4) is 0 Å². The molecule has 0 aromatic heterocycles.